The van der Waals surface area contributed by atoms with Crippen molar-refractivity contribution in [3.8, 4) is 0 Å². The first-order valence-corrected chi connectivity index (χ1v) is 11.9. The van der Waals surface area contributed by atoms with Gasteiger partial charge in [0.25, 0.3) is 0 Å². The second-order valence-electron chi connectivity index (χ2n) is 9.44. The molecule has 3 heterocycles. The largest absolute Gasteiger partial charge is 0.362 e. The fraction of sp³-hybridized carbons (Fsp3) is 0.333. The predicted octanol–water partition coefficient (Wildman–Crippen LogP) is 4.66. The zero-order chi connectivity index (χ0) is 21.9. The summed E-state index contributed by atoms with van der Waals surface area (Å²) < 4.78 is 6.54. The number of rotatable bonds is 5. The number of aromatic amines is 1. The number of imidazole rings is 1. The Balaban J connectivity index is 1.33. The van der Waals surface area contributed by atoms with Gasteiger partial charge in [0, 0.05) is 12.7 Å². The molecule has 0 saturated carbocycles. The van der Waals surface area contributed by atoms with E-state index in [-0.39, 0.29) is 24.3 Å². The molecule has 6 nitrogen and oxygen atoms in total. The number of fused-ring (bicyclic) bond motifs is 3. The van der Waals surface area contributed by atoms with Gasteiger partial charge >= 0.3 is 0 Å². The van der Waals surface area contributed by atoms with Crippen molar-refractivity contribution in [2.45, 2.75) is 50.1 Å². The van der Waals surface area contributed by atoms with Crippen LogP contribution in [0.3, 0.4) is 0 Å². The van der Waals surface area contributed by atoms with Gasteiger partial charge in [0.1, 0.15) is 11.9 Å². The Labute approximate surface area is 192 Å². The Morgan fingerprint density at radius 1 is 1.09 bits per heavy atom. The quantitative estimate of drug-likeness (QED) is 0.475. The number of pyridine rings is 1. The molecule has 1 aliphatic heterocycles. The summed E-state index contributed by atoms with van der Waals surface area (Å²) in [6.45, 7) is 1.22. The fourth-order valence-corrected chi connectivity index (χ4v) is 6.17. The highest BCUT2D eigenvalue weighted by atomic mass is 16.5. The number of H-pyrrole nitrogens is 1. The van der Waals surface area contributed by atoms with Crippen molar-refractivity contribution < 1.29 is 4.74 Å². The topological polar surface area (TPSA) is 80.1 Å². The van der Waals surface area contributed by atoms with Gasteiger partial charge in [-0.1, -0.05) is 36.4 Å². The van der Waals surface area contributed by atoms with Crippen LogP contribution in [-0.2, 0) is 17.7 Å². The second-order valence-corrected chi connectivity index (χ2v) is 9.44. The molecule has 166 valence electrons. The highest BCUT2D eigenvalue weighted by Crippen LogP contribution is 2.55. The first-order valence-electron chi connectivity index (χ1n) is 11.9. The number of nitrogens with two attached hydrogens (primary N) is 1. The van der Waals surface area contributed by atoms with E-state index >= 15 is 0 Å². The van der Waals surface area contributed by atoms with Crippen LogP contribution >= 0.6 is 0 Å². The van der Waals surface area contributed by atoms with Crippen molar-refractivity contribution in [2.24, 2.45) is 5.73 Å². The summed E-state index contributed by atoms with van der Waals surface area (Å²) in [5, 5.41) is 0. The Morgan fingerprint density at radius 2 is 2.03 bits per heavy atom. The molecule has 3 N–H and O–H groups in total. The summed E-state index contributed by atoms with van der Waals surface area (Å²) in [5.74, 6) is 0.979. The van der Waals surface area contributed by atoms with Crippen LogP contribution < -0.4 is 5.73 Å². The molecule has 33 heavy (non-hydrogen) atoms. The van der Waals surface area contributed by atoms with Crippen molar-refractivity contribution in [1.29, 1.82) is 0 Å². The third-order valence-electron chi connectivity index (χ3n) is 7.61. The van der Waals surface area contributed by atoms with E-state index in [1.807, 2.05) is 18.3 Å². The summed E-state index contributed by atoms with van der Waals surface area (Å²) in [6, 6.07) is 19.7. The van der Waals surface area contributed by atoms with Gasteiger partial charge in [-0.3, -0.25) is 9.88 Å². The van der Waals surface area contributed by atoms with Gasteiger partial charge < -0.3 is 15.5 Å². The number of ether oxygens (including phenoxy) is 1. The molecule has 0 saturated heterocycles. The number of hydrogen-bond acceptors (Lipinski definition) is 5. The van der Waals surface area contributed by atoms with Crippen LogP contribution in [0.5, 0.6) is 0 Å². The highest BCUT2D eigenvalue weighted by Gasteiger charge is 2.46. The predicted molar refractivity (Wildman–Crippen MR) is 126 cm³/mol. The molecular weight excluding hydrogens is 410 g/mol. The molecule has 4 aliphatic rings. The van der Waals surface area contributed by atoms with E-state index in [1.54, 1.807) is 0 Å². The van der Waals surface area contributed by atoms with Gasteiger partial charge in [0.2, 0.25) is 0 Å². The van der Waals surface area contributed by atoms with Gasteiger partial charge in [-0.2, -0.15) is 0 Å². The lowest BCUT2D eigenvalue weighted by atomic mass is 9.82. The average molecular weight is 438 g/mol. The molecular formula is C27H27N5O. The number of aryl methyl sites for hydroxylation is 1. The molecule has 2 aromatic heterocycles. The normalized spacial score (nSPS) is 25.2. The van der Waals surface area contributed by atoms with Crippen molar-refractivity contribution in [2.75, 3.05) is 6.54 Å². The minimum absolute atomic E-state index is 0.0111. The average Bonchev–Trinajstić information content (AvgIpc) is 3.41. The van der Waals surface area contributed by atoms with Crippen LogP contribution in [0.4, 0.5) is 0 Å². The molecule has 0 amide bonds. The molecule has 3 aliphatic carbocycles. The second kappa shape index (κ2) is 7.48. The summed E-state index contributed by atoms with van der Waals surface area (Å²) in [7, 11) is 0. The van der Waals surface area contributed by atoms with Crippen LogP contribution in [0.15, 0.2) is 60.8 Å². The zero-order valence-corrected chi connectivity index (χ0v) is 18.4. The third-order valence-corrected chi connectivity index (χ3v) is 7.61. The van der Waals surface area contributed by atoms with E-state index in [0.29, 0.717) is 13.1 Å². The lowest BCUT2D eigenvalue weighted by molar-refractivity contribution is -0.0557. The van der Waals surface area contributed by atoms with Crippen LogP contribution in [0.2, 0.25) is 0 Å². The Kier molecular flexibility index (Phi) is 4.40. The summed E-state index contributed by atoms with van der Waals surface area (Å²) >= 11 is 0. The number of nitrogens with zero attached hydrogens (tertiary/aromatic N) is 3. The van der Waals surface area contributed by atoms with Crippen molar-refractivity contribution in [1.82, 2.24) is 19.9 Å². The molecule has 4 aromatic rings. The minimum atomic E-state index is -0.0141. The number of benzene rings is 2. The molecule has 8 rings (SSSR count). The van der Waals surface area contributed by atoms with E-state index in [0.717, 1.165) is 36.1 Å². The molecule has 0 spiro atoms. The summed E-state index contributed by atoms with van der Waals surface area (Å²) in [5.41, 5.74) is 14.6. The van der Waals surface area contributed by atoms with Crippen LogP contribution in [0.25, 0.3) is 11.0 Å². The SMILES string of the molecule is NCC1OC2c3ccc(cc31)C2N(Cc1nc2ccccc2[nH]1)C1CCCc2cccnc21. The van der Waals surface area contributed by atoms with E-state index in [9.17, 15) is 0 Å². The van der Waals surface area contributed by atoms with Crippen molar-refractivity contribution in [3.63, 3.8) is 0 Å². The van der Waals surface area contributed by atoms with E-state index in [4.69, 9.17) is 20.4 Å². The summed E-state index contributed by atoms with van der Waals surface area (Å²) in [4.78, 5) is 15.9. The molecule has 6 heteroatoms. The maximum Gasteiger partial charge on any atom is 0.121 e. The minimum Gasteiger partial charge on any atom is -0.362 e. The van der Waals surface area contributed by atoms with Gasteiger partial charge in [-0.25, -0.2) is 4.98 Å². The van der Waals surface area contributed by atoms with Gasteiger partial charge in [0.05, 0.1) is 41.5 Å². The molecule has 4 bridgehead atoms. The van der Waals surface area contributed by atoms with Gasteiger partial charge in [-0.15, -0.1) is 0 Å². The molecule has 4 atom stereocenters. The zero-order valence-electron chi connectivity index (χ0n) is 18.4. The maximum absolute atomic E-state index is 6.54. The van der Waals surface area contributed by atoms with Crippen LogP contribution in [0.1, 0.15) is 70.9 Å². The number of hydrogen-bond donors (Lipinski definition) is 2. The Bertz CT molecular complexity index is 1310. The van der Waals surface area contributed by atoms with Gasteiger partial charge in [-0.05, 0) is 59.7 Å². The highest BCUT2D eigenvalue weighted by molar-refractivity contribution is 5.74. The Hall–Kier alpha value is -3.06. The molecule has 2 aromatic carbocycles. The van der Waals surface area contributed by atoms with Gasteiger partial charge in [0.15, 0.2) is 0 Å². The molecule has 0 fully saturated rings. The fourth-order valence-electron chi connectivity index (χ4n) is 6.17. The van der Waals surface area contributed by atoms with E-state index in [2.05, 4.69) is 52.3 Å². The molecule has 0 radical (unpaired) electrons. The number of para-hydroxylation sites is 2. The van der Waals surface area contributed by atoms with Crippen molar-refractivity contribution >= 4 is 11.0 Å². The standard InChI is InChI=1S/C27H27N5O/c28-14-23-19-13-17-10-11-18(19)27(33-23)26(17)32(15-24-30-20-7-1-2-8-21(20)31-24)22-9-3-5-16-6-4-12-29-25(16)22/h1-2,4,6-8,10-13,22-23,26-27H,3,5,9,14-15,28H2,(H,30,31). The monoisotopic (exact) mass is 437 g/mol. The lowest BCUT2D eigenvalue weighted by Crippen LogP contribution is -2.39. The first-order chi connectivity index (χ1) is 16.3. The maximum atomic E-state index is 6.54. The van der Waals surface area contributed by atoms with E-state index < -0.39 is 0 Å². The lowest BCUT2D eigenvalue weighted by Gasteiger charge is -2.43. The van der Waals surface area contributed by atoms with Crippen LogP contribution in [0, 0.1) is 0 Å². The Morgan fingerprint density at radius 3 is 2.94 bits per heavy atom. The van der Waals surface area contributed by atoms with E-state index in [1.165, 1.54) is 27.9 Å². The first kappa shape index (κ1) is 19.4. The number of nitrogens with one attached hydrogen (secondary N) is 1. The third kappa shape index (κ3) is 2.98. The van der Waals surface area contributed by atoms with Crippen LogP contribution in [-0.4, -0.2) is 26.4 Å². The number of aromatic nitrogens is 3. The summed E-state index contributed by atoms with van der Waals surface area (Å²) in [6.07, 6.45) is 5.26. The van der Waals surface area contributed by atoms with Crippen molar-refractivity contribution in [3.05, 3.63) is 94.6 Å². The smallest absolute Gasteiger partial charge is 0.121 e. The molecule has 4 unspecified atom stereocenters.